The first-order valence-electron chi connectivity index (χ1n) is 10.4. The molecule has 3 aromatic carbocycles. The van der Waals surface area contributed by atoms with E-state index < -0.39 is 0 Å². The van der Waals surface area contributed by atoms with E-state index in [0.29, 0.717) is 12.6 Å². The zero-order valence-corrected chi connectivity index (χ0v) is 19.5. The van der Waals surface area contributed by atoms with Crippen LogP contribution >= 0.6 is 15.9 Å². The van der Waals surface area contributed by atoms with Gasteiger partial charge in [-0.25, -0.2) is 0 Å². The van der Waals surface area contributed by atoms with Crippen LogP contribution in [0.4, 0.5) is 0 Å². The van der Waals surface area contributed by atoms with Gasteiger partial charge in [0.15, 0.2) is 11.5 Å². The highest BCUT2D eigenvalue weighted by Crippen LogP contribution is 2.37. The number of hydrogen-bond acceptors (Lipinski definition) is 3. The molecule has 0 saturated heterocycles. The lowest BCUT2D eigenvalue weighted by atomic mass is 10.1. The van der Waals surface area contributed by atoms with Crippen LogP contribution in [-0.4, -0.2) is 13.2 Å². The third-order valence-electron chi connectivity index (χ3n) is 5.12. The van der Waals surface area contributed by atoms with E-state index in [1.165, 1.54) is 11.1 Å². The summed E-state index contributed by atoms with van der Waals surface area (Å²) in [4.78, 5) is 0. The van der Waals surface area contributed by atoms with Gasteiger partial charge in [0, 0.05) is 12.6 Å². The maximum absolute atomic E-state index is 6.08. The van der Waals surface area contributed by atoms with Gasteiger partial charge >= 0.3 is 0 Å². The Morgan fingerprint density at radius 3 is 2.43 bits per heavy atom. The van der Waals surface area contributed by atoms with E-state index in [1.54, 1.807) is 7.11 Å². The van der Waals surface area contributed by atoms with E-state index in [-0.39, 0.29) is 0 Å². The Labute approximate surface area is 188 Å². The lowest BCUT2D eigenvalue weighted by molar-refractivity contribution is 0.282. The van der Waals surface area contributed by atoms with Crippen LogP contribution in [0, 0.1) is 6.92 Å². The molecule has 0 saturated carbocycles. The third-order valence-corrected chi connectivity index (χ3v) is 5.71. The molecule has 1 atom stereocenters. The average Bonchev–Trinajstić information content (AvgIpc) is 2.76. The number of benzene rings is 3. The largest absolute Gasteiger partial charge is 0.493 e. The molecule has 3 aromatic rings. The molecule has 0 aliphatic rings. The van der Waals surface area contributed by atoms with E-state index in [0.717, 1.165) is 46.5 Å². The highest BCUT2D eigenvalue weighted by atomic mass is 79.9. The van der Waals surface area contributed by atoms with Crippen molar-refractivity contribution in [1.82, 2.24) is 5.32 Å². The highest BCUT2D eigenvalue weighted by Gasteiger charge is 2.13. The van der Waals surface area contributed by atoms with E-state index in [4.69, 9.17) is 9.47 Å². The summed E-state index contributed by atoms with van der Waals surface area (Å²) in [5.74, 6) is 1.48. The van der Waals surface area contributed by atoms with Crippen molar-refractivity contribution in [2.75, 3.05) is 7.11 Å². The predicted molar refractivity (Wildman–Crippen MR) is 127 cm³/mol. The zero-order valence-electron chi connectivity index (χ0n) is 18.0. The van der Waals surface area contributed by atoms with Crippen LogP contribution in [0.3, 0.4) is 0 Å². The SMILES string of the molecule is COc1cc(CNC(C)CCc2ccccc2)cc(Br)c1OCc1cccc(C)c1. The fourth-order valence-corrected chi connectivity index (χ4v) is 4.00. The van der Waals surface area contributed by atoms with Crippen molar-refractivity contribution >= 4 is 15.9 Å². The molecule has 1 unspecified atom stereocenters. The molecule has 0 fully saturated rings. The number of hydrogen-bond donors (Lipinski definition) is 1. The standard InChI is InChI=1S/C26H30BrNO2/c1-19-8-7-11-22(14-19)18-30-26-24(27)15-23(16-25(26)29-3)17-28-20(2)12-13-21-9-5-4-6-10-21/h4-11,14-16,20,28H,12-13,17-18H2,1-3H3. The number of aryl methyl sites for hydroxylation is 2. The summed E-state index contributed by atoms with van der Waals surface area (Å²) in [6.45, 7) is 5.60. The molecule has 1 N–H and O–H groups in total. The molecule has 0 aliphatic heterocycles. The van der Waals surface area contributed by atoms with Gasteiger partial charge in [-0.05, 0) is 71.4 Å². The Morgan fingerprint density at radius 1 is 0.933 bits per heavy atom. The lowest BCUT2D eigenvalue weighted by Gasteiger charge is -2.17. The summed E-state index contributed by atoms with van der Waals surface area (Å²) in [6.07, 6.45) is 2.17. The smallest absolute Gasteiger partial charge is 0.175 e. The van der Waals surface area contributed by atoms with Crippen LogP contribution in [0.15, 0.2) is 71.2 Å². The monoisotopic (exact) mass is 467 g/mol. The molecule has 0 radical (unpaired) electrons. The zero-order chi connectivity index (χ0) is 21.3. The first-order valence-corrected chi connectivity index (χ1v) is 11.2. The molecular formula is C26H30BrNO2. The predicted octanol–water partition coefficient (Wildman–Crippen LogP) is 6.46. The van der Waals surface area contributed by atoms with Crippen LogP contribution in [0.25, 0.3) is 0 Å². The van der Waals surface area contributed by atoms with Crippen LogP contribution in [-0.2, 0) is 19.6 Å². The van der Waals surface area contributed by atoms with Crippen LogP contribution in [0.2, 0.25) is 0 Å². The van der Waals surface area contributed by atoms with Crippen molar-refractivity contribution in [2.45, 2.75) is 45.9 Å². The normalized spacial score (nSPS) is 11.9. The summed E-state index contributed by atoms with van der Waals surface area (Å²) in [6, 6.07) is 23.5. The van der Waals surface area contributed by atoms with Crippen molar-refractivity contribution in [3.63, 3.8) is 0 Å². The lowest BCUT2D eigenvalue weighted by Crippen LogP contribution is -2.26. The second-order valence-corrected chi connectivity index (χ2v) is 8.55. The molecule has 0 amide bonds. The Morgan fingerprint density at radius 2 is 1.70 bits per heavy atom. The minimum Gasteiger partial charge on any atom is -0.493 e. The molecule has 0 aromatic heterocycles. The van der Waals surface area contributed by atoms with Crippen LogP contribution in [0.5, 0.6) is 11.5 Å². The number of methoxy groups -OCH3 is 1. The Kier molecular flexibility index (Phi) is 8.35. The molecule has 0 aliphatic carbocycles. The number of halogens is 1. The van der Waals surface area contributed by atoms with Gasteiger partial charge in [-0.2, -0.15) is 0 Å². The van der Waals surface area contributed by atoms with Crippen LogP contribution in [0.1, 0.15) is 35.6 Å². The third kappa shape index (κ3) is 6.61. The van der Waals surface area contributed by atoms with Crippen molar-refractivity contribution < 1.29 is 9.47 Å². The number of rotatable bonds is 10. The van der Waals surface area contributed by atoms with E-state index in [2.05, 4.69) is 89.7 Å². The van der Waals surface area contributed by atoms with Gasteiger partial charge < -0.3 is 14.8 Å². The van der Waals surface area contributed by atoms with Crippen molar-refractivity contribution in [2.24, 2.45) is 0 Å². The molecule has 30 heavy (non-hydrogen) atoms. The summed E-state index contributed by atoms with van der Waals surface area (Å²) < 4.78 is 12.6. The molecule has 0 spiro atoms. The summed E-state index contributed by atoms with van der Waals surface area (Å²) in [5.41, 5.74) is 4.91. The average molecular weight is 468 g/mol. The molecule has 3 rings (SSSR count). The van der Waals surface area contributed by atoms with Gasteiger partial charge in [0.05, 0.1) is 11.6 Å². The molecule has 0 heterocycles. The van der Waals surface area contributed by atoms with Crippen molar-refractivity contribution in [3.8, 4) is 11.5 Å². The van der Waals surface area contributed by atoms with E-state index in [9.17, 15) is 0 Å². The fourth-order valence-electron chi connectivity index (χ4n) is 3.39. The second kappa shape index (κ2) is 11.2. The molecule has 158 valence electrons. The minimum absolute atomic E-state index is 0.423. The Bertz CT molecular complexity index is 943. The summed E-state index contributed by atoms with van der Waals surface area (Å²) >= 11 is 3.66. The van der Waals surface area contributed by atoms with Gasteiger partial charge in [-0.3, -0.25) is 0 Å². The van der Waals surface area contributed by atoms with Crippen molar-refractivity contribution in [1.29, 1.82) is 0 Å². The Hall–Kier alpha value is -2.30. The Balaban J connectivity index is 1.57. The van der Waals surface area contributed by atoms with Gasteiger partial charge in [0.25, 0.3) is 0 Å². The molecule has 0 bridgehead atoms. The van der Waals surface area contributed by atoms with E-state index >= 15 is 0 Å². The molecular weight excluding hydrogens is 438 g/mol. The highest BCUT2D eigenvalue weighted by molar-refractivity contribution is 9.10. The fraction of sp³-hybridized carbons (Fsp3) is 0.308. The summed E-state index contributed by atoms with van der Waals surface area (Å²) in [5, 5.41) is 3.61. The second-order valence-electron chi connectivity index (χ2n) is 7.69. The quantitative estimate of drug-likeness (QED) is 0.371. The first-order chi connectivity index (χ1) is 14.5. The van der Waals surface area contributed by atoms with Gasteiger partial charge in [-0.15, -0.1) is 0 Å². The topological polar surface area (TPSA) is 30.5 Å². The van der Waals surface area contributed by atoms with Gasteiger partial charge in [0.1, 0.15) is 6.61 Å². The molecule has 3 nitrogen and oxygen atoms in total. The molecule has 4 heteroatoms. The van der Waals surface area contributed by atoms with Crippen LogP contribution < -0.4 is 14.8 Å². The van der Waals surface area contributed by atoms with Gasteiger partial charge in [0.2, 0.25) is 0 Å². The van der Waals surface area contributed by atoms with E-state index in [1.807, 2.05) is 12.1 Å². The first kappa shape index (κ1) is 22.4. The van der Waals surface area contributed by atoms with Gasteiger partial charge in [-0.1, -0.05) is 60.2 Å². The maximum Gasteiger partial charge on any atom is 0.175 e. The van der Waals surface area contributed by atoms with Crippen molar-refractivity contribution in [3.05, 3.63) is 93.5 Å². The minimum atomic E-state index is 0.423. The number of nitrogens with one attached hydrogen (secondary N) is 1. The number of ether oxygens (including phenoxy) is 2. The summed E-state index contributed by atoms with van der Waals surface area (Å²) in [7, 11) is 1.68. The maximum atomic E-state index is 6.08.